The van der Waals surface area contributed by atoms with E-state index in [4.69, 9.17) is 10.8 Å². The SMILES string of the molecule is CC(C)(SC1CCCC(S(C)(=O)=O)C1)[C@@H](N)C(=O)O. The number of thioether (sulfide) groups is 1. The molecule has 1 aliphatic rings. The summed E-state index contributed by atoms with van der Waals surface area (Å²) >= 11 is 1.51. The maximum Gasteiger partial charge on any atom is 0.321 e. The molecular formula is C12H23NO4S2. The van der Waals surface area contributed by atoms with Gasteiger partial charge in [0.1, 0.15) is 15.9 Å². The molecule has 0 spiro atoms. The predicted molar refractivity (Wildman–Crippen MR) is 78.2 cm³/mol. The second kappa shape index (κ2) is 6.01. The van der Waals surface area contributed by atoms with Gasteiger partial charge in [-0.1, -0.05) is 6.42 Å². The van der Waals surface area contributed by atoms with Crippen LogP contribution in [0.25, 0.3) is 0 Å². The summed E-state index contributed by atoms with van der Waals surface area (Å²) in [6.07, 6.45) is 4.37. The molecule has 1 aliphatic carbocycles. The van der Waals surface area contributed by atoms with Gasteiger partial charge < -0.3 is 10.8 Å². The summed E-state index contributed by atoms with van der Waals surface area (Å²) in [4.78, 5) is 11.0. The standard InChI is InChI=1S/C12H23NO4S2/c1-12(2,10(13)11(14)15)18-8-5-4-6-9(7-8)19(3,16)17/h8-10H,4-7,13H2,1-3H3,(H,14,15)/t8?,9?,10-/m0/s1. The molecule has 2 unspecified atom stereocenters. The van der Waals surface area contributed by atoms with Crippen LogP contribution in [0.4, 0.5) is 0 Å². The summed E-state index contributed by atoms with van der Waals surface area (Å²) < 4.78 is 22.6. The number of nitrogens with two attached hydrogens (primary N) is 1. The molecule has 1 saturated carbocycles. The molecule has 3 N–H and O–H groups in total. The third-order valence-electron chi connectivity index (χ3n) is 3.67. The van der Waals surface area contributed by atoms with E-state index in [0.29, 0.717) is 12.8 Å². The first kappa shape index (κ1) is 16.8. The Labute approximate surface area is 119 Å². The average molecular weight is 309 g/mol. The summed E-state index contributed by atoms with van der Waals surface area (Å²) in [6.45, 7) is 3.61. The summed E-state index contributed by atoms with van der Waals surface area (Å²) in [5, 5.41) is 8.86. The zero-order chi connectivity index (χ0) is 14.8. The van der Waals surface area contributed by atoms with E-state index in [1.165, 1.54) is 18.0 Å². The van der Waals surface area contributed by atoms with E-state index in [1.807, 2.05) is 0 Å². The van der Waals surface area contributed by atoms with Crippen molar-refractivity contribution in [3.05, 3.63) is 0 Å². The van der Waals surface area contributed by atoms with Gasteiger partial charge in [0.25, 0.3) is 0 Å². The van der Waals surface area contributed by atoms with Crippen molar-refractivity contribution in [3.63, 3.8) is 0 Å². The molecule has 0 aliphatic heterocycles. The van der Waals surface area contributed by atoms with Gasteiger partial charge in [0.15, 0.2) is 0 Å². The quantitative estimate of drug-likeness (QED) is 0.793. The van der Waals surface area contributed by atoms with E-state index in [0.717, 1.165) is 12.8 Å². The van der Waals surface area contributed by atoms with E-state index in [1.54, 1.807) is 13.8 Å². The Bertz CT molecular complexity index is 433. The number of hydrogen-bond donors (Lipinski definition) is 2. The highest BCUT2D eigenvalue weighted by atomic mass is 32.2. The number of carboxylic acid groups (broad SMARTS) is 1. The minimum atomic E-state index is -3.01. The molecule has 0 amide bonds. The summed E-state index contributed by atoms with van der Waals surface area (Å²) in [6, 6.07) is -0.948. The molecule has 1 rings (SSSR count). The van der Waals surface area contributed by atoms with Gasteiger partial charge in [0.2, 0.25) is 0 Å². The molecule has 7 heteroatoms. The topological polar surface area (TPSA) is 97.5 Å². The van der Waals surface area contributed by atoms with Crippen molar-refractivity contribution in [2.24, 2.45) is 5.73 Å². The Morgan fingerprint density at radius 1 is 1.42 bits per heavy atom. The van der Waals surface area contributed by atoms with Gasteiger partial charge >= 0.3 is 5.97 Å². The van der Waals surface area contributed by atoms with Crippen molar-refractivity contribution in [1.82, 2.24) is 0 Å². The highest BCUT2D eigenvalue weighted by molar-refractivity contribution is 8.01. The highest BCUT2D eigenvalue weighted by Crippen LogP contribution is 2.39. The van der Waals surface area contributed by atoms with Gasteiger partial charge in [-0.15, -0.1) is 0 Å². The molecule has 3 atom stereocenters. The first-order valence-electron chi connectivity index (χ1n) is 6.39. The van der Waals surface area contributed by atoms with E-state index >= 15 is 0 Å². The Morgan fingerprint density at radius 2 is 2.00 bits per heavy atom. The maximum absolute atomic E-state index is 11.6. The Hall–Kier alpha value is -0.270. The van der Waals surface area contributed by atoms with E-state index < -0.39 is 26.6 Å². The number of carboxylic acids is 1. The van der Waals surface area contributed by atoms with Gasteiger partial charge in [-0.2, -0.15) is 11.8 Å². The lowest BCUT2D eigenvalue weighted by molar-refractivity contribution is -0.139. The van der Waals surface area contributed by atoms with Crippen molar-refractivity contribution in [3.8, 4) is 0 Å². The highest BCUT2D eigenvalue weighted by Gasteiger charge is 2.38. The average Bonchev–Trinajstić information content (AvgIpc) is 2.26. The molecule has 0 radical (unpaired) electrons. The fraction of sp³-hybridized carbons (Fsp3) is 0.917. The first-order valence-corrected chi connectivity index (χ1v) is 9.22. The van der Waals surface area contributed by atoms with Crippen LogP contribution < -0.4 is 5.73 Å². The summed E-state index contributed by atoms with van der Waals surface area (Å²) in [5.74, 6) is -1.02. The van der Waals surface area contributed by atoms with Crippen molar-refractivity contribution in [2.75, 3.05) is 6.26 Å². The number of carbonyl (C=O) groups is 1. The molecule has 1 fully saturated rings. The lowest BCUT2D eigenvalue weighted by atomic mass is 9.99. The van der Waals surface area contributed by atoms with E-state index in [2.05, 4.69) is 0 Å². The molecule has 0 saturated heterocycles. The van der Waals surface area contributed by atoms with Crippen molar-refractivity contribution in [2.45, 2.75) is 60.8 Å². The number of rotatable bonds is 5. The number of hydrogen-bond acceptors (Lipinski definition) is 5. The van der Waals surface area contributed by atoms with Gasteiger partial charge in [-0.3, -0.25) is 4.79 Å². The predicted octanol–water partition coefficient (Wildman–Crippen LogP) is 1.27. The third kappa shape index (κ3) is 4.65. The molecule has 0 bridgehead atoms. The molecule has 0 aromatic rings. The first-order chi connectivity index (χ1) is 8.54. The van der Waals surface area contributed by atoms with Crippen LogP contribution in [0, 0.1) is 0 Å². The molecule has 0 aromatic heterocycles. The lowest BCUT2D eigenvalue weighted by Gasteiger charge is -2.35. The molecular weight excluding hydrogens is 286 g/mol. The van der Waals surface area contributed by atoms with Crippen LogP contribution in [0.2, 0.25) is 0 Å². The Morgan fingerprint density at radius 3 is 2.47 bits per heavy atom. The monoisotopic (exact) mass is 309 g/mol. The van der Waals surface area contributed by atoms with Crippen molar-refractivity contribution >= 4 is 27.6 Å². The van der Waals surface area contributed by atoms with Gasteiger partial charge in [0.05, 0.1) is 5.25 Å². The van der Waals surface area contributed by atoms with E-state index in [9.17, 15) is 13.2 Å². The third-order valence-corrected chi connectivity index (χ3v) is 6.93. The second-order valence-electron chi connectivity index (χ2n) is 5.78. The normalized spacial score (nSPS) is 26.9. The fourth-order valence-electron chi connectivity index (χ4n) is 2.40. The minimum absolute atomic E-state index is 0.161. The maximum atomic E-state index is 11.6. The van der Waals surface area contributed by atoms with Crippen LogP contribution in [0.1, 0.15) is 39.5 Å². The Kier molecular flexibility index (Phi) is 5.31. The van der Waals surface area contributed by atoms with Gasteiger partial charge in [-0.05, 0) is 33.1 Å². The summed E-state index contributed by atoms with van der Waals surface area (Å²) in [5.41, 5.74) is 5.69. The van der Waals surface area contributed by atoms with Crippen LogP contribution in [-0.2, 0) is 14.6 Å². The van der Waals surface area contributed by atoms with Crippen LogP contribution in [0.15, 0.2) is 0 Å². The fourth-order valence-corrected chi connectivity index (χ4v) is 5.42. The molecule has 5 nitrogen and oxygen atoms in total. The van der Waals surface area contributed by atoms with Crippen LogP contribution in [-0.4, -0.2) is 47.0 Å². The van der Waals surface area contributed by atoms with Crippen LogP contribution in [0.5, 0.6) is 0 Å². The van der Waals surface area contributed by atoms with Gasteiger partial charge in [-0.25, -0.2) is 8.42 Å². The van der Waals surface area contributed by atoms with Crippen molar-refractivity contribution in [1.29, 1.82) is 0 Å². The smallest absolute Gasteiger partial charge is 0.321 e. The van der Waals surface area contributed by atoms with E-state index in [-0.39, 0.29) is 10.5 Å². The van der Waals surface area contributed by atoms with Crippen LogP contribution in [0.3, 0.4) is 0 Å². The van der Waals surface area contributed by atoms with Gasteiger partial charge in [0, 0.05) is 16.3 Å². The molecule has 19 heavy (non-hydrogen) atoms. The lowest BCUT2D eigenvalue weighted by Crippen LogP contribution is -2.48. The zero-order valence-corrected chi connectivity index (χ0v) is 13.3. The molecule has 0 heterocycles. The second-order valence-corrected chi connectivity index (χ2v) is 10.1. The Balaban J connectivity index is 2.69. The molecule has 0 aromatic carbocycles. The largest absolute Gasteiger partial charge is 0.480 e. The number of sulfone groups is 1. The van der Waals surface area contributed by atoms with Crippen molar-refractivity contribution < 1.29 is 18.3 Å². The summed E-state index contributed by atoms with van der Waals surface area (Å²) in [7, 11) is -3.01. The molecule has 112 valence electrons. The van der Waals surface area contributed by atoms with Crippen LogP contribution >= 0.6 is 11.8 Å². The number of aliphatic carboxylic acids is 1. The zero-order valence-electron chi connectivity index (χ0n) is 11.6. The minimum Gasteiger partial charge on any atom is -0.480 e.